The standard InChI is InChI=1S/C20H26N2O5S/c1-16(2)15-21(12-11-19(23)13-17-7-4-3-5-8-17)28(26,27)20-10-6-9-18(14-20)22(24)25/h3-10,14,16,19,23H,11-13,15H2,1-2H3. The van der Waals surface area contributed by atoms with Crippen LogP contribution in [0.15, 0.2) is 59.5 Å². The first kappa shape index (κ1) is 22.0. The van der Waals surface area contributed by atoms with Crippen LogP contribution >= 0.6 is 0 Å². The molecule has 1 N–H and O–H groups in total. The van der Waals surface area contributed by atoms with Crippen molar-refractivity contribution in [3.63, 3.8) is 0 Å². The first-order valence-corrected chi connectivity index (χ1v) is 10.6. The van der Waals surface area contributed by atoms with Gasteiger partial charge in [0.25, 0.3) is 5.69 Å². The third-order valence-corrected chi connectivity index (χ3v) is 6.12. The minimum Gasteiger partial charge on any atom is -0.393 e. The second kappa shape index (κ2) is 9.77. The van der Waals surface area contributed by atoms with Crippen molar-refractivity contribution in [2.45, 2.75) is 37.7 Å². The summed E-state index contributed by atoms with van der Waals surface area (Å²) in [5.41, 5.74) is 0.710. The molecule has 0 fully saturated rings. The fourth-order valence-corrected chi connectivity index (χ4v) is 4.56. The number of non-ortho nitro benzene ring substituents is 1. The normalized spacial score (nSPS) is 13.0. The third-order valence-electron chi connectivity index (χ3n) is 4.26. The van der Waals surface area contributed by atoms with E-state index >= 15 is 0 Å². The Morgan fingerprint density at radius 2 is 1.79 bits per heavy atom. The van der Waals surface area contributed by atoms with Crippen molar-refractivity contribution < 1.29 is 18.4 Å². The van der Waals surface area contributed by atoms with Gasteiger partial charge in [-0.2, -0.15) is 4.31 Å². The smallest absolute Gasteiger partial charge is 0.270 e. The maximum absolute atomic E-state index is 13.0. The lowest BCUT2D eigenvalue weighted by molar-refractivity contribution is -0.385. The zero-order chi connectivity index (χ0) is 20.7. The lowest BCUT2D eigenvalue weighted by Gasteiger charge is -2.25. The first-order valence-electron chi connectivity index (χ1n) is 9.16. The highest BCUT2D eigenvalue weighted by molar-refractivity contribution is 7.89. The number of hydrogen-bond acceptors (Lipinski definition) is 5. The molecule has 0 amide bonds. The quantitative estimate of drug-likeness (QED) is 0.482. The lowest BCUT2D eigenvalue weighted by atomic mass is 10.1. The van der Waals surface area contributed by atoms with E-state index in [1.807, 2.05) is 44.2 Å². The van der Waals surface area contributed by atoms with Crippen LogP contribution in [0.5, 0.6) is 0 Å². The molecule has 2 aromatic rings. The van der Waals surface area contributed by atoms with E-state index in [0.29, 0.717) is 6.42 Å². The van der Waals surface area contributed by atoms with Crippen LogP contribution in [0.2, 0.25) is 0 Å². The highest BCUT2D eigenvalue weighted by atomic mass is 32.2. The average Bonchev–Trinajstić information content (AvgIpc) is 2.65. The van der Waals surface area contributed by atoms with Crippen molar-refractivity contribution in [3.8, 4) is 0 Å². The summed E-state index contributed by atoms with van der Waals surface area (Å²) in [6.07, 6.45) is 0.0283. The predicted molar refractivity (Wildman–Crippen MR) is 107 cm³/mol. The van der Waals surface area contributed by atoms with Crippen LogP contribution in [0.3, 0.4) is 0 Å². The van der Waals surface area contributed by atoms with Crippen LogP contribution in [0.1, 0.15) is 25.8 Å². The number of nitro benzene ring substituents is 1. The van der Waals surface area contributed by atoms with E-state index in [4.69, 9.17) is 0 Å². The largest absolute Gasteiger partial charge is 0.393 e. The zero-order valence-electron chi connectivity index (χ0n) is 16.1. The van der Waals surface area contributed by atoms with Gasteiger partial charge in [-0.1, -0.05) is 50.2 Å². The van der Waals surface area contributed by atoms with Gasteiger partial charge in [-0.25, -0.2) is 8.42 Å². The molecule has 0 radical (unpaired) electrons. The molecule has 1 atom stereocenters. The molecule has 0 saturated carbocycles. The van der Waals surface area contributed by atoms with Gasteiger partial charge in [0.1, 0.15) is 0 Å². The second-order valence-corrected chi connectivity index (χ2v) is 9.08. The number of aliphatic hydroxyl groups excluding tert-OH is 1. The molecule has 152 valence electrons. The molecule has 0 aliphatic heterocycles. The zero-order valence-corrected chi connectivity index (χ0v) is 16.9. The SMILES string of the molecule is CC(C)CN(CCC(O)Cc1ccccc1)S(=O)(=O)c1cccc([N+](=O)[O-])c1. The number of sulfonamides is 1. The van der Waals surface area contributed by atoms with Gasteiger partial charge in [0.2, 0.25) is 10.0 Å². The van der Waals surface area contributed by atoms with Crippen LogP contribution in [-0.4, -0.2) is 41.9 Å². The summed E-state index contributed by atoms with van der Waals surface area (Å²) in [5, 5.41) is 21.3. The molecular formula is C20H26N2O5S. The third kappa shape index (κ3) is 6.12. The van der Waals surface area contributed by atoms with Crippen LogP contribution in [0.4, 0.5) is 5.69 Å². The fraction of sp³-hybridized carbons (Fsp3) is 0.400. The van der Waals surface area contributed by atoms with E-state index in [1.165, 1.54) is 22.5 Å². The van der Waals surface area contributed by atoms with Gasteiger partial charge in [0.15, 0.2) is 0 Å². The van der Waals surface area contributed by atoms with Gasteiger partial charge < -0.3 is 5.11 Å². The van der Waals surface area contributed by atoms with Gasteiger partial charge in [-0.05, 0) is 30.4 Å². The molecule has 0 aromatic heterocycles. The van der Waals surface area contributed by atoms with Gasteiger partial charge in [0.05, 0.1) is 15.9 Å². The molecule has 0 aliphatic rings. The Hall–Kier alpha value is -2.29. The molecular weight excluding hydrogens is 380 g/mol. The first-order chi connectivity index (χ1) is 13.2. The fourth-order valence-electron chi connectivity index (χ4n) is 2.90. The molecule has 0 bridgehead atoms. The minimum atomic E-state index is -3.90. The Morgan fingerprint density at radius 3 is 2.39 bits per heavy atom. The van der Waals surface area contributed by atoms with Crippen molar-refractivity contribution >= 4 is 15.7 Å². The van der Waals surface area contributed by atoms with E-state index in [-0.39, 0.29) is 36.0 Å². The van der Waals surface area contributed by atoms with Crippen molar-refractivity contribution in [2.24, 2.45) is 5.92 Å². The van der Waals surface area contributed by atoms with Crippen molar-refractivity contribution in [3.05, 3.63) is 70.3 Å². The molecule has 0 saturated heterocycles. The molecule has 0 spiro atoms. The molecule has 28 heavy (non-hydrogen) atoms. The van der Waals surface area contributed by atoms with Crippen molar-refractivity contribution in [1.29, 1.82) is 0 Å². The van der Waals surface area contributed by atoms with E-state index in [1.54, 1.807) is 0 Å². The van der Waals surface area contributed by atoms with Crippen LogP contribution in [-0.2, 0) is 16.4 Å². The van der Waals surface area contributed by atoms with Gasteiger partial charge in [-0.3, -0.25) is 10.1 Å². The number of nitrogens with zero attached hydrogens (tertiary/aromatic N) is 2. The van der Waals surface area contributed by atoms with Gasteiger partial charge in [-0.15, -0.1) is 0 Å². The topological polar surface area (TPSA) is 101 Å². The summed E-state index contributed by atoms with van der Waals surface area (Å²) in [7, 11) is -3.90. The van der Waals surface area contributed by atoms with E-state index in [2.05, 4.69) is 0 Å². The molecule has 0 aliphatic carbocycles. The number of rotatable bonds is 10. The summed E-state index contributed by atoms with van der Waals surface area (Å²) >= 11 is 0. The minimum absolute atomic E-state index is 0.0692. The molecule has 1 unspecified atom stereocenters. The average molecular weight is 407 g/mol. The molecule has 8 heteroatoms. The Kier molecular flexibility index (Phi) is 7.68. The maximum atomic E-state index is 13.0. The monoisotopic (exact) mass is 406 g/mol. The number of nitro groups is 1. The predicted octanol–water partition coefficient (Wildman–Crippen LogP) is 3.24. The Morgan fingerprint density at radius 1 is 1.11 bits per heavy atom. The molecule has 2 rings (SSSR count). The Bertz CT molecular complexity index is 884. The second-order valence-electron chi connectivity index (χ2n) is 7.14. The number of hydrogen-bond donors (Lipinski definition) is 1. The molecule has 0 heterocycles. The van der Waals surface area contributed by atoms with Crippen LogP contribution in [0.25, 0.3) is 0 Å². The summed E-state index contributed by atoms with van der Waals surface area (Å²) in [6, 6.07) is 14.5. The summed E-state index contributed by atoms with van der Waals surface area (Å²) in [5.74, 6) is 0.0692. The maximum Gasteiger partial charge on any atom is 0.270 e. The van der Waals surface area contributed by atoms with Crippen LogP contribution in [0, 0.1) is 16.0 Å². The van der Waals surface area contributed by atoms with E-state index < -0.39 is 21.1 Å². The van der Waals surface area contributed by atoms with Gasteiger partial charge >= 0.3 is 0 Å². The number of benzene rings is 2. The Labute approximate surface area is 165 Å². The molecule has 7 nitrogen and oxygen atoms in total. The highest BCUT2D eigenvalue weighted by Gasteiger charge is 2.27. The van der Waals surface area contributed by atoms with E-state index in [0.717, 1.165) is 11.6 Å². The Balaban J connectivity index is 2.15. The lowest BCUT2D eigenvalue weighted by Crippen LogP contribution is -2.36. The number of aliphatic hydroxyl groups is 1. The van der Waals surface area contributed by atoms with Crippen LogP contribution < -0.4 is 0 Å². The summed E-state index contributed by atoms with van der Waals surface area (Å²) in [6.45, 7) is 4.20. The van der Waals surface area contributed by atoms with Gasteiger partial charge in [0, 0.05) is 25.2 Å². The van der Waals surface area contributed by atoms with E-state index in [9.17, 15) is 23.6 Å². The molecule has 2 aromatic carbocycles. The van der Waals surface area contributed by atoms with Crippen molar-refractivity contribution in [2.75, 3.05) is 13.1 Å². The summed E-state index contributed by atoms with van der Waals surface area (Å²) in [4.78, 5) is 10.3. The summed E-state index contributed by atoms with van der Waals surface area (Å²) < 4.78 is 27.4. The highest BCUT2D eigenvalue weighted by Crippen LogP contribution is 2.22. The van der Waals surface area contributed by atoms with Crippen molar-refractivity contribution in [1.82, 2.24) is 4.31 Å².